The normalized spacial score (nSPS) is 22.1. The van der Waals surface area contributed by atoms with Gasteiger partial charge in [-0.2, -0.15) is 0 Å². The van der Waals surface area contributed by atoms with Crippen molar-refractivity contribution in [1.82, 2.24) is 50.2 Å². The summed E-state index contributed by atoms with van der Waals surface area (Å²) in [6.07, 6.45) is 3.75. The summed E-state index contributed by atoms with van der Waals surface area (Å²) in [5, 5.41) is 37.9. The number of primary amides is 3. The molecule has 2 aliphatic heterocycles. The van der Waals surface area contributed by atoms with Crippen molar-refractivity contribution in [2.24, 2.45) is 39.8 Å². The van der Waals surface area contributed by atoms with Crippen molar-refractivity contribution in [2.75, 3.05) is 126 Å². The molecular formula is C45H84BN15O11. The lowest BCUT2D eigenvalue weighted by molar-refractivity contribution is -0.137. The predicted molar refractivity (Wildman–Crippen MR) is 269 cm³/mol. The highest BCUT2D eigenvalue weighted by Crippen LogP contribution is 2.29. The fourth-order valence-electron chi connectivity index (χ4n) is 9.21. The van der Waals surface area contributed by atoms with Crippen LogP contribution in [0.2, 0.25) is 0 Å². The van der Waals surface area contributed by atoms with E-state index in [1.54, 1.807) is 30.9 Å². The zero-order chi connectivity index (χ0) is 53.5. The number of amides is 8. The molecule has 8 amide bonds. The number of likely N-dealkylation sites (tertiary alicyclic amines) is 1. The molecule has 0 aromatic carbocycles. The van der Waals surface area contributed by atoms with Gasteiger partial charge in [0.2, 0.25) is 47.3 Å². The van der Waals surface area contributed by atoms with Gasteiger partial charge >= 0.3 is 7.12 Å². The van der Waals surface area contributed by atoms with E-state index >= 15 is 0 Å². The van der Waals surface area contributed by atoms with Gasteiger partial charge in [0, 0.05) is 112 Å². The van der Waals surface area contributed by atoms with Gasteiger partial charge in [0.15, 0.2) is 5.96 Å². The molecule has 2 heterocycles. The maximum Gasteiger partial charge on any atom is 0.475 e. The van der Waals surface area contributed by atoms with Crippen molar-refractivity contribution in [3.05, 3.63) is 0 Å². The van der Waals surface area contributed by atoms with Crippen LogP contribution in [0.15, 0.2) is 4.99 Å². The highest BCUT2D eigenvalue weighted by atomic mass is 16.4. The number of carbonyl (C=O) groups excluding carboxylic acids is 8. The Morgan fingerprint density at radius 1 is 0.708 bits per heavy atom. The van der Waals surface area contributed by atoms with Gasteiger partial charge in [-0.3, -0.25) is 62.9 Å². The minimum Gasteiger partial charge on any atom is -0.426 e. The number of β-amino-alcohol motifs (C(OH)–C–C–N with tert-alkyl or cyclic N) is 1. The molecule has 1 saturated carbocycles. The molecule has 0 aromatic heterocycles. The number of likely N-dealkylation sites (N-methyl/N-ethyl adjacent to an activating group) is 1. The van der Waals surface area contributed by atoms with Gasteiger partial charge in [0.25, 0.3) is 0 Å². The van der Waals surface area contributed by atoms with Crippen LogP contribution >= 0.6 is 0 Å². The molecule has 72 heavy (non-hydrogen) atoms. The molecule has 2 saturated heterocycles. The molecule has 408 valence electrons. The van der Waals surface area contributed by atoms with Crippen molar-refractivity contribution in [3.63, 3.8) is 0 Å². The van der Waals surface area contributed by atoms with Crippen LogP contribution in [0.1, 0.15) is 71.1 Å². The largest absolute Gasteiger partial charge is 0.475 e. The van der Waals surface area contributed by atoms with E-state index in [1.807, 2.05) is 19.6 Å². The molecule has 14 N–H and O–H groups in total. The van der Waals surface area contributed by atoms with E-state index in [2.05, 4.69) is 20.9 Å². The van der Waals surface area contributed by atoms with Gasteiger partial charge in [-0.25, -0.2) is 0 Å². The zero-order valence-electron chi connectivity index (χ0n) is 42.9. The second-order valence-electron chi connectivity index (χ2n) is 19.7. The number of nitrogens with two attached hydrogens (primary N) is 4. The Kier molecular flexibility index (Phi) is 26.7. The minimum absolute atomic E-state index is 0.0111. The Balaban J connectivity index is 1.52. The van der Waals surface area contributed by atoms with Crippen LogP contribution in [0.3, 0.4) is 0 Å². The number of rotatable bonds is 25. The molecule has 0 bridgehead atoms. The van der Waals surface area contributed by atoms with E-state index in [0.717, 1.165) is 0 Å². The van der Waals surface area contributed by atoms with Crippen molar-refractivity contribution in [1.29, 1.82) is 0 Å². The number of aliphatic hydroxyl groups is 1. The predicted octanol–water partition coefficient (Wildman–Crippen LogP) is -6.17. The fraction of sp³-hybridized carbons (Fsp3) is 0.800. The molecule has 1 aliphatic carbocycles. The second-order valence-corrected chi connectivity index (χ2v) is 19.7. The first kappa shape index (κ1) is 61.1. The Labute approximate surface area is 424 Å². The van der Waals surface area contributed by atoms with Gasteiger partial charge in [0.1, 0.15) is 12.1 Å². The third-order valence-electron chi connectivity index (χ3n) is 13.5. The molecule has 0 aromatic rings. The van der Waals surface area contributed by atoms with E-state index < -0.39 is 60.8 Å². The third-order valence-corrected chi connectivity index (χ3v) is 13.5. The minimum atomic E-state index is -1.80. The van der Waals surface area contributed by atoms with Gasteiger partial charge in [-0.05, 0) is 70.6 Å². The van der Waals surface area contributed by atoms with Crippen LogP contribution in [0.5, 0.6) is 0 Å². The average molecular weight is 1020 g/mol. The molecule has 3 fully saturated rings. The van der Waals surface area contributed by atoms with Crippen LogP contribution in [0.4, 0.5) is 0 Å². The maximum absolute atomic E-state index is 13.9. The number of nitrogens with one attached hydrogen (secondary N) is 3. The smallest absolute Gasteiger partial charge is 0.426 e. The summed E-state index contributed by atoms with van der Waals surface area (Å²) in [6.45, 7) is 5.35. The molecule has 26 nitrogen and oxygen atoms in total. The van der Waals surface area contributed by atoms with E-state index in [9.17, 15) is 53.5 Å². The van der Waals surface area contributed by atoms with Gasteiger partial charge in [-0.15, -0.1) is 0 Å². The van der Waals surface area contributed by atoms with Crippen LogP contribution in [-0.2, 0) is 38.4 Å². The molecule has 0 unspecified atom stereocenters. The number of nitrogens with zero attached hydrogens (tertiary/aromatic N) is 8. The Hall–Kier alpha value is -5.19. The van der Waals surface area contributed by atoms with E-state index in [0.29, 0.717) is 123 Å². The summed E-state index contributed by atoms with van der Waals surface area (Å²) in [5.74, 6) is -3.92. The standard InChI is InChI=1S/C45H84BN15O11/c1-31(43(69)61-26-34(62)24-36(61)46(71)72)53-42(68)33-12-10-32(11-13-33)25-52-40(66)9-5-6-15-56(4)44(70)35(8-7-14-51-45(50)55(2)3)54-41(67)30-60-22-20-58(28-38(48)64)18-16-57(27-37(47)63)17-19-59(21-23-60)29-39(49)65/h31-36,62,71-72H,5-30H2,1-4H3,(H2,47,63)(H2,48,64)(H2,49,65)(H2,50,51)(H,52,66)(H,53,68)(H,54,67)/t31-,32?,33?,34+,35+,36+/m1/s1. The lowest BCUT2D eigenvalue weighted by atomic mass is 9.77. The number of carbonyl (C=O) groups is 8. The van der Waals surface area contributed by atoms with Crippen LogP contribution in [0, 0.1) is 11.8 Å². The van der Waals surface area contributed by atoms with E-state index in [1.165, 1.54) is 11.8 Å². The van der Waals surface area contributed by atoms with Gasteiger partial charge < -0.3 is 68.7 Å². The highest BCUT2D eigenvalue weighted by Gasteiger charge is 2.43. The SMILES string of the molecule is C[C@@H](NC(=O)C1CCC(CNC(=O)CCCCN(C)C(=O)[C@H](CCCN=C(N)N(C)C)NC(=O)CN2CCN(CC(N)=O)CCN(CC(N)=O)CCN(CC(N)=O)CC2)CC1)C(=O)N1C[C@@H](O)C[C@H]1B(O)O. The number of hydrogen-bond acceptors (Lipinski definition) is 16. The molecule has 0 spiro atoms. The molecule has 0 radical (unpaired) electrons. The fourth-order valence-corrected chi connectivity index (χ4v) is 9.21. The average Bonchev–Trinajstić information content (AvgIpc) is 3.72. The number of aliphatic hydroxyl groups excluding tert-OH is 1. The summed E-state index contributed by atoms with van der Waals surface area (Å²) in [6, 6.07) is -1.80. The topological polar surface area (TPSA) is 372 Å². The number of aliphatic imine (C=N–C) groups is 1. The van der Waals surface area contributed by atoms with Crippen molar-refractivity contribution in [3.8, 4) is 0 Å². The van der Waals surface area contributed by atoms with Gasteiger partial charge in [0.05, 0.1) is 38.2 Å². The quantitative estimate of drug-likeness (QED) is 0.0176. The summed E-state index contributed by atoms with van der Waals surface area (Å²) in [4.78, 5) is 119. The first-order chi connectivity index (χ1) is 34.0. The van der Waals surface area contributed by atoms with Crippen molar-refractivity contribution in [2.45, 2.75) is 95.3 Å². The van der Waals surface area contributed by atoms with Crippen LogP contribution in [0.25, 0.3) is 0 Å². The lowest BCUT2D eigenvalue weighted by Crippen LogP contribution is -2.53. The first-order valence-corrected chi connectivity index (χ1v) is 25.2. The van der Waals surface area contributed by atoms with Crippen LogP contribution in [-0.4, -0.2) is 260 Å². The zero-order valence-corrected chi connectivity index (χ0v) is 42.9. The monoisotopic (exact) mass is 1020 g/mol. The number of hydrogen-bond donors (Lipinski definition) is 10. The summed E-state index contributed by atoms with van der Waals surface area (Å²) in [7, 11) is 3.38. The molecule has 3 aliphatic rings. The highest BCUT2D eigenvalue weighted by molar-refractivity contribution is 6.43. The van der Waals surface area contributed by atoms with Crippen molar-refractivity contribution < 1.29 is 53.5 Å². The van der Waals surface area contributed by atoms with Gasteiger partial charge in [-0.1, -0.05) is 0 Å². The molecule has 4 atom stereocenters. The summed E-state index contributed by atoms with van der Waals surface area (Å²) < 4.78 is 0. The van der Waals surface area contributed by atoms with Crippen molar-refractivity contribution >= 4 is 60.3 Å². The summed E-state index contributed by atoms with van der Waals surface area (Å²) in [5.41, 5.74) is 22.6. The second kappa shape index (κ2) is 31.4. The summed E-state index contributed by atoms with van der Waals surface area (Å²) >= 11 is 0. The first-order valence-electron chi connectivity index (χ1n) is 25.2. The number of guanidine groups is 1. The Morgan fingerprint density at radius 2 is 1.22 bits per heavy atom. The Bertz CT molecular complexity index is 1790. The Morgan fingerprint density at radius 3 is 1.71 bits per heavy atom. The van der Waals surface area contributed by atoms with E-state index in [-0.39, 0.29) is 81.5 Å². The van der Waals surface area contributed by atoms with E-state index in [4.69, 9.17) is 22.9 Å². The van der Waals surface area contributed by atoms with Crippen LogP contribution < -0.4 is 38.9 Å². The number of unbranched alkanes of at least 4 members (excludes halogenated alkanes) is 1. The third kappa shape index (κ3) is 22.7. The molecule has 27 heteroatoms. The maximum atomic E-state index is 13.9. The molecular weight excluding hydrogens is 937 g/mol. The lowest BCUT2D eigenvalue weighted by Gasteiger charge is -2.33. The molecule has 3 rings (SSSR count).